The Morgan fingerprint density at radius 3 is 1.45 bits per heavy atom. The van der Waals surface area contributed by atoms with Crippen molar-refractivity contribution in [2.24, 2.45) is 0 Å². The van der Waals surface area contributed by atoms with Gasteiger partial charge in [0.05, 0.1) is 36.5 Å². The van der Waals surface area contributed by atoms with E-state index in [0.29, 0.717) is 11.1 Å². The lowest BCUT2D eigenvalue weighted by Gasteiger charge is -2.13. The molecule has 0 heterocycles. The summed E-state index contributed by atoms with van der Waals surface area (Å²) in [4.78, 5) is 12.5. The van der Waals surface area contributed by atoms with Crippen LogP contribution in [-0.4, -0.2) is 25.3 Å². The summed E-state index contributed by atoms with van der Waals surface area (Å²) in [5, 5.41) is 8.97. The summed E-state index contributed by atoms with van der Waals surface area (Å²) in [6.07, 6.45) is 17.8. The van der Waals surface area contributed by atoms with Gasteiger partial charge in [-0.05, 0) is 117 Å². The van der Waals surface area contributed by atoms with E-state index in [0.717, 1.165) is 72.6 Å². The van der Waals surface area contributed by atoms with E-state index in [-0.39, 0.29) is 12.1 Å². The Kier molecular flexibility index (Phi) is 18.7. The van der Waals surface area contributed by atoms with Crippen LogP contribution in [0.25, 0.3) is 11.1 Å². The third kappa shape index (κ3) is 16.1. The minimum absolute atomic E-state index is 0.0683. The number of unbranched alkanes of at least 4 members (excludes halogenated alkanes) is 12. The topological polar surface area (TPSA) is 68.6 Å². The highest BCUT2D eigenvalue weighted by Gasteiger charge is 2.11. The van der Waals surface area contributed by atoms with E-state index in [4.69, 9.17) is 19.5 Å². The zero-order valence-corrected chi connectivity index (χ0v) is 31.9. The second kappa shape index (κ2) is 24.3. The van der Waals surface area contributed by atoms with Gasteiger partial charge in [0.2, 0.25) is 0 Å². The number of ether oxygens (including phenoxy) is 3. The number of rotatable bonds is 23. The Bertz CT molecular complexity index is 1710. The number of carbonyl (C=O) groups excluding carboxylic acids is 1. The van der Waals surface area contributed by atoms with Crippen molar-refractivity contribution in [3.05, 3.63) is 119 Å². The summed E-state index contributed by atoms with van der Waals surface area (Å²) < 4.78 is 17.5. The van der Waals surface area contributed by atoms with E-state index in [2.05, 4.69) is 37.0 Å². The highest BCUT2D eigenvalue weighted by Crippen LogP contribution is 2.23. The molecule has 4 aromatic carbocycles. The van der Waals surface area contributed by atoms with Crippen LogP contribution >= 0.6 is 0 Å². The van der Waals surface area contributed by atoms with Crippen molar-refractivity contribution < 1.29 is 19.0 Å². The molecule has 5 nitrogen and oxygen atoms in total. The SMILES string of the molecule is CCCCCCC(C)OC(=O)c1ccc(C#Cc2ccc(OCCCCCCCCCCCCOc3ccc(-c4ccc(C#N)cc4)cc3)cc2)cc1. The maximum Gasteiger partial charge on any atom is 0.338 e. The van der Waals surface area contributed by atoms with Crippen molar-refractivity contribution >= 4 is 5.97 Å². The standard InChI is InChI=1S/C48H57NO4/c1-3-4-5-14-17-39(2)53-48(50)45-28-20-40(21-29-45)18-19-41-24-32-46(33-25-41)51-36-15-12-10-8-6-7-9-11-13-16-37-52-47-34-30-44(31-35-47)43-26-22-42(38-49)23-27-43/h20-35,39H,3-17,36-37H2,1-2H3. The second-order valence-electron chi connectivity index (χ2n) is 13.9. The predicted octanol–water partition coefficient (Wildman–Crippen LogP) is 12.5. The number of nitriles is 1. The molecule has 1 atom stereocenters. The molecule has 4 rings (SSSR count). The molecule has 1 unspecified atom stereocenters. The van der Waals surface area contributed by atoms with Gasteiger partial charge < -0.3 is 14.2 Å². The van der Waals surface area contributed by atoms with Crippen LogP contribution in [0.4, 0.5) is 0 Å². The fraction of sp³-hybridized carbons (Fsp3) is 0.417. The third-order valence-corrected chi connectivity index (χ3v) is 9.38. The van der Waals surface area contributed by atoms with Gasteiger partial charge in [0.1, 0.15) is 11.5 Å². The number of hydrogen-bond acceptors (Lipinski definition) is 5. The van der Waals surface area contributed by atoms with Gasteiger partial charge >= 0.3 is 5.97 Å². The van der Waals surface area contributed by atoms with Gasteiger partial charge in [-0.2, -0.15) is 5.26 Å². The van der Waals surface area contributed by atoms with Crippen LogP contribution in [-0.2, 0) is 4.74 Å². The molecule has 0 fully saturated rings. The van der Waals surface area contributed by atoms with Gasteiger partial charge in [-0.1, -0.05) is 114 Å². The van der Waals surface area contributed by atoms with Crippen molar-refractivity contribution in [2.45, 2.75) is 116 Å². The van der Waals surface area contributed by atoms with Gasteiger partial charge in [-0.25, -0.2) is 4.79 Å². The first kappa shape index (κ1) is 40.8. The second-order valence-corrected chi connectivity index (χ2v) is 13.9. The fourth-order valence-corrected chi connectivity index (χ4v) is 6.12. The van der Waals surface area contributed by atoms with Crippen molar-refractivity contribution in [1.29, 1.82) is 5.26 Å². The third-order valence-electron chi connectivity index (χ3n) is 9.38. The zero-order valence-electron chi connectivity index (χ0n) is 31.9. The van der Waals surface area contributed by atoms with Crippen molar-refractivity contribution in [3.63, 3.8) is 0 Å². The number of carbonyl (C=O) groups is 1. The smallest absolute Gasteiger partial charge is 0.338 e. The fourth-order valence-electron chi connectivity index (χ4n) is 6.12. The van der Waals surface area contributed by atoms with Gasteiger partial charge in [0.15, 0.2) is 0 Å². The van der Waals surface area contributed by atoms with Gasteiger partial charge in [0, 0.05) is 11.1 Å². The summed E-state index contributed by atoms with van der Waals surface area (Å²) in [7, 11) is 0. The van der Waals surface area contributed by atoms with Gasteiger partial charge in [-0.15, -0.1) is 0 Å². The highest BCUT2D eigenvalue weighted by molar-refractivity contribution is 5.89. The predicted molar refractivity (Wildman–Crippen MR) is 216 cm³/mol. The quantitative estimate of drug-likeness (QED) is 0.0435. The van der Waals surface area contributed by atoms with Gasteiger partial charge in [0.25, 0.3) is 0 Å². The lowest BCUT2D eigenvalue weighted by Crippen LogP contribution is -2.15. The lowest BCUT2D eigenvalue weighted by atomic mass is 10.0. The Labute approximate surface area is 318 Å². The molecule has 0 saturated heterocycles. The summed E-state index contributed by atoms with van der Waals surface area (Å²) in [5.74, 6) is 7.89. The van der Waals surface area contributed by atoms with Crippen LogP contribution in [0, 0.1) is 23.2 Å². The van der Waals surface area contributed by atoms with Crippen LogP contribution in [0.2, 0.25) is 0 Å². The van der Waals surface area contributed by atoms with E-state index >= 15 is 0 Å². The minimum atomic E-state index is -0.272. The van der Waals surface area contributed by atoms with Crippen LogP contribution in [0.15, 0.2) is 97.1 Å². The molecule has 0 aromatic heterocycles. The maximum absolute atomic E-state index is 12.5. The number of benzene rings is 4. The Hall–Kier alpha value is -5.00. The zero-order chi connectivity index (χ0) is 37.4. The lowest BCUT2D eigenvalue weighted by molar-refractivity contribution is 0.0319. The molecule has 53 heavy (non-hydrogen) atoms. The summed E-state index contributed by atoms with van der Waals surface area (Å²) in [6, 6.07) is 33.3. The largest absolute Gasteiger partial charge is 0.494 e. The van der Waals surface area contributed by atoms with Crippen LogP contribution in [0.1, 0.15) is 137 Å². The molecular weight excluding hydrogens is 655 g/mol. The molecule has 0 radical (unpaired) electrons. The van der Waals surface area contributed by atoms with Crippen molar-refractivity contribution in [1.82, 2.24) is 0 Å². The number of hydrogen-bond donors (Lipinski definition) is 0. The van der Waals surface area contributed by atoms with Gasteiger partial charge in [-0.3, -0.25) is 0 Å². The van der Waals surface area contributed by atoms with Crippen molar-refractivity contribution in [2.75, 3.05) is 13.2 Å². The summed E-state index contributed by atoms with van der Waals surface area (Å²) in [6.45, 7) is 5.66. The first-order chi connectivity index (χ1) is 26.0. The Morgan fingerprint density at radius 2 is 0.962 bits per heavy atom. The monoisotopic (exact) mass is 711 g/mol. The van der Waals surface area contributed by atoms with Crippen LogP contribution < -0.4 is 9.47 Å². The first-order valence-corrected chi connectivity index (χ1v) is 19.8. The molecule has 0 aliphatic carbocycles. The molecule has 5 heteroatoms. The highest BCUT2D eigenvalue weighted by atomic mass is 16.5. The average molecular weight is 712 g/mol. The Balaban J connectivity index is 0.970. The van der Waals surface area contributed by atoms with E-state index in [1.54, 1.807) is 12.1 Å². The van der Waals surface area contributed by atoms with E-state index < -0.39 is 0 Å². The van der Waals surface area contributed by atoms with Crippen LogP contribution in [0.5, 0.6) is 11.5 Å². The van der Waals surface area contributed by atoms with E-state index in [9.17, 15) is 4.79 Å². The maximum atomic E-state index is 12.5. The molecule has 0 aliphatic rings. The van der Waals surface area contributed by atoms with E-state index in [1.807, 2.05) is 79.7 Å². The van der Waals surface area contributed by atoms with E-state index in [1.165, 1.54) is 70.6 Å². The molecule has 0 saturated carbocycles. The molecule has 0 N–H and O–H groups in total. The summed E-state index contributed by atoms with van der Waals surface area (Å²) >= 11 is 0. The molecule has 4 aromatic rings. The molecule has 0 aliphatic heterocycles. The number of nitrogens with zero attached hydrogens (tertiary/aromatic N) is 1. The normalized spacial score (nSPS) is 11.2. The molecular formula is C48H57NO4. The molecule has 0 amide bonds. The first-order valence-electron chi connectivity index (χ1n) is 19.8. The van der Waals surface area contributed by atoms with Crippen LogP contribution in [0.3, 0.4) is 0 Å². The average Bonchev–Trinajstić information content (AvgIpc) is 3.19. The molecule has 278 valence electrons. The number of esters is 1. The Morgan fingerprint density at radius 1 is 0.547 bits per heavy atom. The van der Waals surface area contributed by atoms with Crippen molar-refractivity contribution in [3.8, 4) is 40.5 Å². The minimum Gasteiger partial charge on any atom is -0.494 e. The summed E-state index contributed by atoms with van der Waals surface area (Å²) in [5.41, 5.74) is 5.25. The molecule has 0 spiro atoms. The molecule has 0 bridgehead atoms.